The van der Waals surface area contributed by atoms with E-state index in [4.69, 9.17) is 19.9 Å². The van der Waals surface area contributed by atoms with Crippen LogP contribution in [0.25, 0.3) is 0 Å². The molecule has 0 radical (unpaired) electrons. The van der Waals surface area contributed by atoms with Gasteiger partial charge < -0.3 is 25.3 Å². The number of hydrogen-bond donors (Lipinski definition) is 2. The molecular weight excluding hydrogens is 260 g/mol. The predicted molar refractivity (Wildman–Crippen MR) is 76.2 cm³/mol. The van der Waals surface area contributed by atoms with E-state index in [0.717, 1.165) is 12.8 Å². The molecule has 1 aliphatic rings. The molecule has 0 spiro atoms. The van der Waals surface area contributed by atoms with Gasteiger partial charge in [-0.1, -0.05) is 0 Å². The van der Waals surface area contributed by atoms with Gasteiger partial charge in [0.15, 0.2) is 0 Å². The van der Waals surface area contributed by atoms with Gasteiger partial charge >= 0.3 is 5.97 Å². The van der Waals surface area contributed by atoms with Gasteiger partial charge in [-0.15, -0.1) is 0 Å². The molecule has 0 unspecified atom stereocenters. The van der Waals surface area contributed by atoms with Gasteiger partial charge in [0.2, 0.25) is 0 Å². The van der Waals surface area contributed by atoms with E-state index in [1.807, 2.05) is 0 Å². The Morgan fingerprint density at radius 1 is 1.40 bits per heavy atom. The first-order chi connectivity index (χ1) is 9.65. The van der Waals surface area contributed by atoms with Crippen LogP contribution in [0.15, 0.2) is 12.1 Å². The summed E-state index contributed by atoms with van der Waals surface area (Å²) in [5, 5.41) is 3.15. The van der Waals surface area contributed by atoms with Gasteiger partial charge in [-0.3, -0.25) is 0 Å². The van der Waals surface area contributed by atoms with E-state index in [1.54, 1.807) is 12.1 Å². The molecule has 1 aromatic rings. The van der Waals surface area contributed by atoms with Crippen LogP contribution in [0.5, 0.6) is 5.75 Å². The van der Waals surface area contributed by atoms with Crippen LogP contribution < -0.4 is 15.8 Å². The largest absolute Gasteiger partial charge is 0.494 e. The minimum atomic E-state index is -0.430. The Morgan fingerprint density at radius 3 is 2.75 bits per heavy atom. The SMILES string of the molecule is COC(=O)c1cc(NCCOC2CC2)c(N)c(OC)c1. The van der Waals surface area contributed by atoms with Crippen molar-refractivity contribution in [3.8, 4) is 5.75 Å². The predicted octanol–water partition coefficient (Wildman–Crippen LogP) is 1.65. The number of nitrogens with two attached hydrogens (primary N) is 1. The Kier molecular flexibility index (Phi) is 4.68. The third-order valence-electron chi connectivity index (χ3n) is 3.08. The molecule has 1 aromatic carbocycles. The van der Waals surface area contributed by atoms with Crippen molar-refractivity contribution in [2.45, 2.75) is 18.9 Å². The van der Waals surface area contributed by atoms with Crippen molar-refractivity contribution in [3.05, 3.63) is 17.7 Å². The molecule has 20 heavy (non-hydrogen) atoms. The molecule has 0 saturated heterocycles. The fraction of sp³-hybridized carbons (Fsp3) is 0.500. The maximum atomic E-state index is 11.6. The van der Waals surface area contributed by atoms with Crippen molar-refractivity contribution < 1.29 is 19.0 Å². The molecule has 2 rings (SSSR count). The monoisotopic (exact) mass is 280 g/mol. The Hall–Kier alpha value is -1.95. The summed E-state index contributed by atoms with van der Waals surface area (Å²) in [6.45, 7) is 1.23. The molecule has 0 aromatic heterocycles. The number of nitrogen functional groups attached to an aromatic ring is 1. The molecule has 0 amide bonds. The lowest BCUT2D eigenvalue weighted by molar-refractivity contribution is 0.0600. The molecule has 6 heteroatoms. The normalized spacial score (nSPS) is 13.9. The van der Waals surface area contributed by atoms with E-state index in [1.165, 1.54) is 14.2 Å². The molecular formula is C14H20N2O4. The van der Waals surface area contributed by atoms with Gasteiger partial charge in [0, 0.05) is 6.54 Å². The fourth-order valence-electron chi connectivity index (χ4n) is 1.82. The summed E-state index contributed by atoms with van der Waals surface area (Å²) in [5.41, 5.74) is 7.48. The highest BCUT2D eigenvalue weighted by Crippen LogP contribution is 2.31. The number of benzene rings is 1. The molecule has 3 N–H and O–H groups in total. The van der Waals surface area contributed by atoms with Gasteiger partial charge in [0.05, 0.1) is 43.9 Å². The Morgan fingerprint density at radius 2 is 2.15 bits per heavy atom. The van der Waals surface area contributed by atoms with Crippen LogP contribution in [0.4, 0.5) is 11.4 Å². The number of rotatable bonds is 7. The second-order valence-corrected chi connectivity index (χ2v) is 4.63. The summed E-state index contributed by atoms with van der Waals surface area (Å²) >= 11 is 0. The molecule has 0 heterocycles. The zero-order valence-corrected chi connectivity index (χ0v) is 11.8. The van der Waals surface area contributed by atoms with Gasteiger partial charge in [0.1, 0.15) is 5.75 Å². The number of hydrogen-bond acceptors (Lipinski definition) is 6. The van der Waals surface area contributed by atoms with Crippen molar-refractivity contribution in [1.29, 1.82) is 0 Å². The summed E-state index contributed by atoms with van der Waals surface area (Å²) in [6, 6.07) is 3.22. The number of methoxy groups -OCH3 is 2. The minimum absolute atomic E-state index is 0.393. The van der Waals surface area contributed by atoms with E-state index >= 15 is 0 Å². The topological polar surface area (TPSA) is 82.8 Å². The Bertz CT molecular complexity index is 486. The lowest BCUT2D eigenvalue weighted by Gasteiger charge is -2.14. The minimum Gasteiger partial charge on any atom is -0.494 e. The smallest absolute Gasteiger partial charge is 0.338 e. The van der Waals surface area contributed by atoms with E-state index in [-0.39, 0.29) is 0 Å². The number of esters is 1. The van der Waals surface area contributed by atoms with Crippen LogP contribution in [-0.4, -0.2) is 39.4 Å². The van der Waals surface area contributed by atoms with E-state index < -0.39 is 5.97 Å². The molecule has 1 aliphatic carbocycles. The number of ether oxygens (including phenoxy) is 3. The number of anilines is 2. The molecule has 1 fully saturated rings. The molecule has 6 nitrogen and oxygen atoms in total. The first-order valence-electron chi connectivity index (χ1n) is 6.57. The molecule has 0 atom stereocenters. The first-order valence-corrected chi connectivity index (χ1v) is 6.57. The molecule has 0 aliphatic heterocycles. The van der Waals surface area contributed by atoms with Crippen LogP contribution in [-0.2, 0) is 9.47 Å². The van der Waals surface area contributed by atoms with Crippen LogP contribution in [0.3, 0.4) is 0 Å². The van der Waals surface area contributed by atoms with Crippen molar-refractivity contribution in [2.75, 3.05) is 38.4 Å². The maximum Gasteiger partial charge on any atom is 0.338 e. The highest BCUT2D eigenvalue weighted by molar-refractivity contribution is 5.93. The Balaban J connectivity index is 2.05. The van der Waals surface area contributed by atoms with Crippen molar-refractivity contribution >= 4 is 17.3 Å². The summed E-state index contributed by atoms with van der Waals surface area (Å²) in [5.74, 6) is 0.0130. The van der Waals surface area contributed by atoms with E-state index in [2.05, 4.69) is 5.32 Å². The quantitative estimate of drug-likeness (QED) is 0.449. The lowest BCUT2D eigenvalue weighted by atomic mass is 10.1. The zero-order chi connectivity index (χ0) is 14.5. The third kappa shape index (κ3) is 3.54. The second-order valence-electron chi connectivity index (χ2n) is 4.63. The van der Waals surface area contributed by atoms with Crippen LogP contribution in [0.2, 0.25) is 0 Å². The summed E-state index contributed by atoms with van der Waals surface area (Å²) < 4.78 is 15.4. The van der Waals surface area contributed by atoms with Gasteiger partial charge in [-0.05, 0) is 25.0 Å². The summed E-state index contributed by atoms with van der Waals surface area (Å²) in [6.07, 6.45) is 2.71. The standard InChI is InChI=1S/C14H20N2O4/c1-18-12-8-9(14(17)19-2)7-11(13(12)15)16-5-6-20-10-3-4-10/h7-8,10,16H,3-6,15H2,1-2H3. The Labute approximate surface area is 118 Å². The van der Waals surface area contributed by atoms with Crippen molar-refractivity contribution in [1.82, 2.24) is 0 Å². The van der Waals surface area contributed by atoms with Crippen LogP contribution in [0, 0.1) is 0 Å². The van der Waals surface area contributed by atoms with Crippen LogP contribution in [0.1, 0.15) is 23.2 Å². The summed E-state index contributed by atoms with van der Waals surface area (Å²) in [7, 11) is 2.84. The molecule has 110 valence electrons. The number of carbonyl (C=O) groups is 1. The average Bonchev–Trinajstić information content (AvgIpc) is 3.28. The number of nitrogens with one attached hydrogen (secondary N) is 1. The zero-order valence-electron chi connectivity index (χ0n) is 11.8. The van der Waals surface area contributed by atoms with Gasteiger partial charge in [-0.2, -0.15) is 0 Å². The van der Waals surface area contributed by atoms with E-state index in [9.17, 15) is 4.79 Å². The first kappa shape index (κ1) is 14.5. The maximum absolute atomic E-state index is 11.6. The second kappa shape index (κ2) is 6.47. The highest BCUT2D eigenvalue weighted by atomic mass is 16.5. The van der Waals surface area contributed by atoms with Crippen molar-refractivity contribution in [3.63, 3.8) is 0 Å². The van der Waals surface area contributed by atoms with Gasteiger partial charge in [-0.25, -0.2) is 4.79 Å². The van der Waals surface area contributed by atoms with Crippen molar-refractivity contribution in [2.24, 2.45) is 0 Å². The molecule has 0 bridgehead atoms. The van der Waals surface area contributed by atoms with Gasteiger partial charge in [0.25, 0.3) is 0 Å². The van der Waals surface area contributed by atoms with Crippen LogP contribution >= 0.6 is 0 Å². The fourth-order valence-corrected chi connectivity index (χ4v) is 1.82. The average molecular weight is 280 g/mol. The summed E-state index contributed by atoms with van der Waals surface area (Å²) in [4.78, 5) is 11.6. The van der Waals surface area contributed by atoms with E-state index in [0.29, 0.717) is 41.9 Å². The third-order valence-corrected chi connectivity index (χ3v) is 3.08. The lowest BCUT2D eigenvalue weighted by Crippen LogP contribution is -2.13. The molecule has 1 saturated carbocycles. The number of carbonyl (C=O) groups excluding carboxylic acids is 1. The highest BCUT2D eigenvalue weighted by Gasteiger charge is 2.21.